The van der Waals surface area contributed by atoms with Gasteiger partial charge in [0.1, 0.15) is 0 Å². The highest BCUT2D eigenvalue weighted by molar-refractivity contribution is 7.99. The molecule has 8 heteroatoms. The van der Waals surface area contributed by atoms with Crippen molar-refractivity contribution in [2.24, 2.45) is 0 Å². The third kappa shape index (κ3) is 4.75. The van der Waals surface area contributed by atoms with Crippen molar-refractivity contribution in [2.45, 2.75) is 11.7 Å². The minimum absolute atomic E-state index is 0.141. The van der Waals surface area contributed by atoms with Gasteiger partial charge in [0.15, 0.2) is 5.16 Å². The van der Waals surface area contributed by atoms with Crippen LogP contribution >= 0.6 is 11.8 Å². The second-order valence-corrected chi connectivity index (χ2v) is 8.48. The Morgan fingerprint density at radius 2 is 1.73 bits per heavy atom. The van der Waals surface area contributed by atoms with E-state index in [1.807, 2.05) is 54.7 Å². The summed E-state index contributed by atoms with van der Waals surface area (Å²) in [6, 6.07) is 22.6. The van der Waals surface area contributed by atoms with Crippen LogP contribution in [-0.4, -0.2) is 32.5 Å². The molecule has 0 spiro atoms. The lowest BCUT2D eigenvalue weighted by Crippen LogP contribution is -2.23. The third-order valence-corrected chi connectivity index (χ3v) is 6.14. The van der Waals surface area contributed by atoms with E-state index in [1.165, 1.54) is 11.8 Å². The summed E-state index contributed by atoms with van der Waals surface area (Å²) in [5.41, 5.74) is 5.08. The highest BCUT2D eigenvalue weighted by Gasteiger charge is 2.10. The van der Waals surface area contributed by atoms with Crippen molar-refractivity contribution in [2.75, 3.05) is 11.1 Å². The Bertz CT molecular complexity index is 1410. The minimum atomic E-state index is -0.166. The molecule has 0 radical (unpaired) electrons. The summed E-state index contributed by atoms with van der Waals surface area (Å²) in [6.45, 7) is 0.436. The maximum Gasteiger partial charge on any atom is 0.251 e. The fourth-order valence-corrected chi connectivity index (χ4v) is 4.30. The number of nitrogens with one attached hydrogen (secondary N) is 4. The van der Waals surface area contributed by atoms with Gasteiger partial charge >= 0.3 is 0 Å². The van der Waals surface area contributed by atoms with E-state index >= 15 is 0 Å². The number of hydrogen-bond donors (Lipinski definition) is 4. The van der Waals surface area contributed by atoms with Crippen molar-refractivity contribution in [3.05, 3.63) is 90.1 Å². The van der Waals surface area contributed by atoms with Gasteiger partial charge in [0.25, 0.3) is 5.91 Å². The van der Waals surface area contributed by atoms with Crippen LogP contribution in [0.1, 0.15) is 15.9 Å². The molecule has 0 atom stereocenters. The zero-order valence-electron chi connectivity index (χ0n) is 17.6. The van der Waals surface area contributed by atoms with Crippen LogP contribution in [0.15, 0.2) is 84.1 Å². The summed E-state index contributed by atoms with van der Waals surface area (Å²) in [5.74, 6) is -0.0784. The first kappa shape index (κ1) is 20.8. The fraction of sp³-hybridized carbons (Fsp3) is 0.0800. The highest BCUT2D eigenvalue weighted by atomic mass is 32.2. The number of thioether (sulfide) groups is 1. The molecular weight excluding hydrogens is 434 g/mol. The normalized spacial score (nSPS) is 11.0. The fourth-order valence-electron chi connectivity index (χ4n) is 3.62. The van der Waals surface area contributed by atoms with Crippen LogP contribution in [0.5, 0.6) is 0 Å². The number of imidazole rings is 1. The van der Waals surface area contributed by atoms with E-state index in [9.17, 15) is 9.59 Å². The maximum absolute atomic E-state index is 12.5. The molecule has 2 aromatic heterocycles. The lowest BCUT2D eigenvalue weighted by molar-refractivity contribution is -0.113. The van der Waals surface area contributed by atoms with Crippen molar-refractivity contribution in [3.8, 4) is 0 Å². The van der Waals surface area contributed by atoms with Gasteiger partial charge in [0.05, 0.1) is 16.8 Å². The van der Waals surface area contributed by atoms with E-state index in [-0.39, 0.29) is 17.6 Å². The lowest BCUT2D eigenvalue weighted by Gasteiger charge is -2.08. The predicted octanol–water partition coefficient (Wildman–Crippen LogP) is 4.71. The molecule has 3 aromatic carbocycles. The topological polar surface area (TPSA) is 103 Å². The average Bonchev–Trinajstić information content (AvgIpc) is 3.48. The summed E-state index contributed by atoms with van der Waals surface area (Å²) < 4.78 is 0. The van der Waals surface area contributed by atoms with Gasteiger partial charge in [-0.2, -0.15) is 0 Å². The number of aromatic amines is 2. The van der Waals surface area contributed by atoms with Gasteiger partial charge in [-0.1, -0.05) is 36.0 Å². The van der Waals surface area contributed by atoms with E-state index < -0.39 is 0 Å². The number of nitrogens with zero attached hydrogens (tertiary/aromatic N) is 1. The van der Waals surface area contributed by atoms with Crippen molar-refractivity contribution < 1.29 is 9.59 Å². The first-order valence-electron chi connectivity index (χ1n) is 10.5. The molecule has 2 heterocycles. The summed E-state index contributed by atoms with van der Waals surface area (Å²) >= 11 is 1.34. The lowest BCUT2D eigenvalue weighted by atomic mass is 10.1. The first-order valence-corrected chi connectivity index (χ1v) is 11.4. The summed E-state index contributed by atoms with van der Waals surface area (Å²) in [4.78, 5) is 35.7. The molecule has 0 saturated carbocycles. The Labute approximate surface area is 194 Å². The first-order chi connectivity index (χ1) is 16.2. The van der Waals surface area contributed by atoms with Crippen LogP contribution in [0.2, 0.25) is 0 Å². The zero-order valence-corrected chi connectivity index (χ0v) is 18.4. The van der Waals surface area contributed by atoms with Crippen LogP contribution in [-0.2, 0) is 11.3 Å². The molecule has 0 fully saturated rings. The summed E-state index contributed by atoms with van der Waals surface area (Å²) in [6.07, 6.45) is 1.89. The number of benzene rings is 3. The number of para-hydroxylation sites is 2. The average molecular weight is 456 g/mol. The second kappa shape index (κ2) is 9.22. The Balaban J connectivity index is 1.14. The third-order valence-electron chi connectivity index (χ3n) is 5.26. The molecule has 164 valence electrons. The largest absolute Gasteiger partial charge is 0.361 e. The maximum atomic E-state index is 12.5. The summed E-state index contributed by atoms with van der Waals surface area (Å²) in [7, 11) is 0. The zero-order chi connectivity index (χ0) is 22.6. The second-order valence-electron chi connectivity index (χ2n) is 7.51. The molecule has 7 nitrogen and oxygen atoms in total. The van der Waals surface area contributed by atoms with E-state index in [0.717, 1.165) is 27.5 Å². The van der Waals surface area contributed by atoms with Gasteiger partial charge in [-0.25, -0.2) is 4.98 Å². The number of aromatic nitrogens is 3. The number of rotatable bonds is 7. The van der Waals surface area contributed by atoms with Crippen molar-refractivity contribution >= 4 is 51.2 Å². The van der Waals surface area contributed by atoms with E-state index in [1.54, 1.807) is 24.3 Å². The molecule has 0 bridgehead atoms. The van der Waals surface area contributed by atoms with Crippen molar-refractivity contribution in [1.29, 1.82) is 0 Å². The SMILES string of the molecule is O=C(CSc1nc2ccccc2[nH]1)Nc1ccc(C(=O)NCc2cccc3[nH]ccc23)cc1. The Hall–Kier alpha value is -4.04. The number of hydrogen-bond acceptors (Lipinski definition) is 4. The predicted molar refractivity (Wildman–Crippen MR) is 131 cm³/mol. The van der Waals surface area contributed by atoms with E-state index in [4.69, 9.17) is 0 Å². The highest BCUT2D eigenvalue weighted by Crippen LogP contribution is 2.20. The number of amides is 2. The molecule has 0 aliphatic heterocycles. The van der Waals surface area contributed by atoms with Gasteiger partial charge in [-0.3, -0.25) is 9.59 Å². The smallest absolute Gasteiger partial charge is 0.251 e. The van der Waals surface area contributed by atoms with Crippen LogP contribution in [0.4, 0.5) is 5.69 Å². The van der Waals surface area contributed by atoms with Crippen LogP contribution in [0.3, 0.4) is 0 Å². The van der Waals surface area contributed by atoms with E-state index in [0.29, 0.717) is 23.0 Å². The molecule has 33 heavy (non-hydrogen) atoms. The van der Waals surface area contributed by atoms with Crippen molar-refractivity contribution in [3.63, 3.8) is 0 Å². The van der Waals surface area contributed by atoms with Crippen LogP contribution in [0, 0.1) is 0 Å². The Morgan fingerprint density at radius 1 is 0.909 bits per heavy atom. The summed E-state index contributed by atoms with van der Waals surface area (Å²) in [5, 5.41) is 7.60. The molecule has 5 aromatic rings. The molecule has 0 aliphatic carbocycles. The number of H-pyrrole nitrogens is 2. The number of carbonyl (C=O) groups is 2. The van der Waals surface area contributed by atoms with Gasteiger partial charge in [-0.05, 0) is 54.1 Å². The molecule has 4 N–H and O–H groups in total. The van der Waals surface area contributed by atoms with Crippen LogP contribution in [0.25, 0.3) is 21.9 Å². The standard InChI is InChI=1S/C25H21N5O2S/c31-23(15-33-25-29-21-5-1-2-6-22(21)30-25)28-18-10-8-16(9-11-18)24(32)27-14-17-4-3-7-20-19(17)12-13-26-20/h1-13,26H,14-15H2,(H,27,32)(H,28,31)(H,29,30). The Morgan fingerprint density at radius 3 is 2.58 bits per heavy atom. The molecule has 5 rings (SSSR count). The van der Waals surface area contributed by atoms with Crippen LogP contribution < -0.4 is 10.6 Å². The molecule has 0 unspecified atom stereocenters. The van der Waals surface area contributed by atoms with Crippen molar-refractivity contribution in [1.82, 2.24) is 20.3 Å². The van der Waals surface area contributed by atoms with Gasteiger partial charge in [-0.15, -0.1) is 0 Å². The molecule has 0 aliphatic rings. The quantitative estimate of drug-likeness (QED) is 0.267. The monoisotopic (exact) mass is 455 g/mol. The van der Waals surface area contributed by atoms with E-state index in [2.05, 4.69) is 25.6 Å². The number of carbonyl (C=O) groups excluding carboxylic acids is 2. The molecule has 0 saturated heterocycles. The Kier molecular flexibility index (Phi) is 5.82. The van der Waals surface area contributed by atoms with Gasteiger partial charge < -0.3 is 20.6 Å². The number of anilines is 1. The number of fused-ring (bicyclic) bond motifs is 2. The minimum Gasteiger partial charge on any atom is -0.361 e. The van der Waals surface area contributed by atoms with Gasteiger partial charge in [0, 0.05) is 34.9 Å². The molecular formula is C25H21N5O2S. The van der Waals surface area contributed by atoms with Gasteiger partial charge in [0.2, 0.25) is 5.91 Å². The molecule has 2 amide bonds.